The second-order valence-electron chi connectivity index (χ2n) is 6.84. The monoisotopic (exact) mass is 360 g/mol. The number of aromatic nitrogens is 2. The molecule has 1 saturated carbocycles. The molecular formula is C21H20N4O2. The summed E-state index contributed by atoms with van der Waals surface area (Å²) >= 11 is 0. The van der Waals surface area contributed by atoms with E-state index in [9.17, 15) is 4.79 Å². The van der Waals surface area contributed by atoms with Crippen molar-refractivity contribution in [1.82, 2.24) is 15.3 Å². The average molecular weight is 360 g/mol. The Labute approximate surface area is 157 Å². The molecule has 1 fully saturated rings. The van der Waals surface area contributed by atoms with Crippen molar-refractivity contribution in [2.24, 2.45) is 0 Å². The molecule has 0 bridgehead atoms. The fraction of sp³-hybridized carbons (Fsp3) is 0.286. The highest BCUT2D eigenvalue weighted by atomic mass is 16.5. The molecule has 1 amide bonds. The molecule has 136 valence electrons. The number of rotatable bonds is 4. The van der Waals surface area contributed by atoms with Gasteiger partial charge in [0.2, 0.25) is 5.88 Å². The molecular weight excluding hydrogens is 340 g/mol. The first-order valence-electron chi connectivity index (χ1n) is 9.12. The summed E-state index contributed by atoms with van der Waals surface area (Å²) in [5, 5.41) is 13.0. The van der Waals surface area contributed by atoms with Crippen molar-refractivity contribution in [2.45, 2.75) is 37.8 Å². The highest BCUT2D eigenvalue weighted by molar-refractivity contribution is 5.98. The predicted octanol–water partition coefficient (Wildman–Crippen LogP) is 3.55. The van der Waals surface area contributed by atoms with Crippen LogP contribution in [0, 0.1) is 11.3 Å². The van der Waals surface area contributed by atoms with Gasteiger partial charge < -0.3 is 15.0 Å². The van der Waals surface area contributed by atoms with Gasteiger partial charge in [0.15, 0.2) is 0 Å². The number of amides is 1. The Balaban J connectivity index is 1.29. The molecule has 0 aliphatic heterocycles. The van der Waals surface area contributed by atoms with Crippen LogP contribution in [0.4, 0.5) is 0 Å². The Hall–Kier alpha value is -3.33. The van der Waals surface area contributed by atoms with Gasteiger partial charge in [-0.05, 0) is 56.0 Å². The number of hydrogen-bond acceptors (Lipinski definition) is 4. The van der Waals surface area contributed by atoms with Gasteiger partial charge in [0.05, 0.1) is 5.56 Å². The smallest absolute Gasteiger partial charge is 0.251 e. The zero-order valence-electron chi connectivity index (χ0n) is 14.8. The van der Waals surface area contributed by atoms with Gasteiger partial charge in [-0.2, -0.15) is 5.26 Å². The van der Waals surface area contributed by atoms with Gasteiger partial charge in [-0.25, -0.2) is 4.98 Å². The van der Waals surface area contributed by atoms with Crippen molar-refractivity contribution in [2.75, 3.05) is 0 Å². The number of hydrogen-bond donors (Lipinski definition) is 2. The second kappa shape index (κ2) is 7.50. The van der Waals surface area contributed by atoms with E-state index in [1.54, 1.807) is 12.1 Å². The second-order valence-corrected chi connectivity index (χ2v) is 6.84. The summed E-state index contributed by atoms with van der Waals surface area (Å²) in [6.45, 7) is 0. The van der Waals surface area contributed by atoms with Gasteiger partial charge in [-0.3, -0.25) is 4.79 Å². The fourth-order valence-corrected chi connectivity index (χ4v) is 3.48. The van der Waals surface area contributed by atoms with E-state index >= 15 is 0 Å². The van der Waals surface area contributed by atoms with E-state index < -0.39 is 0 Å². The third-order valence-electron chi connectivity index (χ3n) is 4.98. The van der Waals surface area contributed by atoms with Crippen molar-refractivity contribution in [3.8, 4) is 11.9 Å². The van der Waals surface area contributed by atoms with Crippen LogP contribution in [0.15, 0.2) is 48.8 Å². The van der Waals surface area contributed by atoms with E-state index in [2.05, 4.69) is 15.3 Å². The van der Waals surface area contributed by atoms with Crippen LogP contribution in [0.1, 0.15) is 41.6 Å². The number of nitrogens with zero attached hydrogens (tertiary/aromatic N) is 2. The van der Waals surface area contributed by atoms with Crippen LogP contribution in [0.5, 0.6) is 5.88 Å². The lowest BCUT2D eigenvalue weighted by Gasteiger charge is -2.29. The molecule has 2 N–H and O–H groups in total. The van der Waals surface area contributed by atoms with Crippen molar-refractivity contribution >= 4 is 16.8 Å². The predicted molar refractivity (Wildman–Crippen MR) is 101 cm³/mol. The molecule has 6 nitrogen and oxygen atoms in total. The minimum Gasteiger partial charge on any atom is -0.474 e. The molecule has 0 saturated heterocycles. The maximum absolute atomic E-state index is 12.5. The Bertz CT molecular complexity index is 979. The summed E-state index contributed by atoms with van der Waals surface area (Å²) in [6.07, 6.45) is 6.96. The van der Waals surface area contributed by atoms with E-state index in [1.807, 2.05) is 36.5 Å². The molecule has 3 aromatic rings. The number of carbonyl (C=O) groups excluding carboxylic acids is 1. The largest absolute Gasteiger partial charge is 0.474 e. The number of nitrogens with one attached hydrogen (secondary N) is 2. The van der Waals surface area contributed by atoms with Gasteiger partial charge >= 0.3 is 0 Å². The first kappa shape index (κ1) is 17.1. The third kappa shape index (κ3) is 3.93. The molecule has 0 atom stereocenters. The first-order chi connectivity index (χ1) is 13.2. The van der Waals surface area contributed by atoms with Crippen LogP contribution in [-0.2, 0) is 0 Å². The van der Waals surface area contributed by atoms with Crippen LogP contribution in [0.25, 0.3) is 10.9 Å². The molecule has 1 aliphatic carbocycles. The van der Waals surface area contributed by atoms with Crippen LogP contribution >= 0.6 is 0 Å². The Morgan fingerprint density at radius 3 is 2.78 bits per heavy atom. The number of carbonyl (C=O) groups is 1. The minimum absolute atomic E-state index is 0.0313. The summed E-state index contributed by atoms with van der Waals surface area (Å²) in [7, 11) is 0. The third-order valence-corrected chi connectivity index (χ3v) is 4.98. The van der Waals surface area contributed by atoms with E-state index in [0.29, 0.717) is 17.0 Å². The maximum Gasteiger partial charge on any atom is 0.251 e. The number of ether oxygens (including phenoxy) is 1. The Morgan fingerprint density at radius 1 is 1.19 bits per heavy atom. The molecule has 2 aromatic heterocycles. The summed E-state index contributed by atoms with van der Waals surface area (Å²) in [6, 6.07) is 13.3. The summed E-state index contributed by atoms with van der Waals surface area (Å²) < 4.78 is 5.90. The molecule has 0 unspecified atom stereocenters. The zero-order chi connectivity index (χ0) is 18.6. The molecule has 27 heavy (non-hydrogen) atoms. The van der Waals surface area contributed by atoms with E-state index in [0.717, 1.165) is 36.6 Å². The van der Waals surface area contributed by atoms with E-state index in [1.165, 1.54) is 6.20 Å². The number of H-pyrrole nitrogens is 1. The minimum atomic E-state index is -0.0313. The van der Waals surface area contributed by atoms with Gasteiger partial charge in [0.1, 0.15) is 12.2 Å². The summed E-state index contributed by atoms with van der Waals surface area (Å²) in [5.74, 6) is 0.512. The first-order valence-corrected chi connectivity index (χ1v) is 9.12. The number of nitriles is 1. The van der Waals surface area contributed by atoms with Crippen LogP contribution in [0.3, 0.4) is 0 Å². The highest BCUT2D eigenvalue weighted by Gasteiger charge is 2.24. The number of fused-ring (bicyclic) bond motifs is 1. The van der Waals surface area contributed by atoms with Crippen LogP contribution in [-0.4, -0.2) is 28.0 Å². The molecule has 2 heterocycles. The number of pyridine rings is 1. The van der Waals surface area contributed by atoms with Crippen molar-refractivity contribution < 1.29 is 9.53 Å². The van der Waals surface area contributed by atoms with Crippen molar-refractivity contribution in [1.29, 1.82) is 5.26 Å². The van der Waals surface area contributed by atoms with Crippen LogP contribution < -0.4 is 10.1 Å². The molecule has 1 aromatic carbocycles. The van der Waals surface area contributed by atoms with Gasteiger partial charge in [0, 0.05) is 41.0 Å². The lowest BCUT2D eigenvalue weighted by molar-refractivity contribution is 0.0890. The van der Waals surface area contributed by atoms with Gasteiger partial charge in [-0.1, -0.05) is 0 Å². The van der Waals surface area contributed by atoms with E-state index in [4.69, 9.17) is 10.00 Å². The van der Waals surface area contributed by atoms with Crippen molar-refractivity contribution in [3.63, 3.8) is 0 Å². The quantitative estimate of drug-likeness (QED) is 0.744. The SMILES string of the molecule is N#Cc1ccc(OC2CCC(NC(=O)c3ccc4[nH]ccc4c3)CC2)nc1. The molecule has 0 spiro atoms. The lowest BCUT2D eigenvalue weighted by atomic mass is 9.92. The van der Waals surface area contributed by atoms with E-state index in [-0.39, 0.29) is 18.1 Å². The summed E-state index contributed by atoms with van der Waals surface area (Å²) in [5.41, 5.74) is 2.23. The number of benzene rings is 1. The molecule has 1 aliphatic rings. The topological polar surface area (TPSA) is 90.8 Å². The average Bonchev–Trinajstić information content (AvgIpc) is 3.18. The van der Waals surface area contributed by atoms with Gasteiger partial charge in [0.25, 0.3) is 5.91 Å². The standard InChI is InChI=1S/C21H20N4O2/c22-12-14-1-8-20(24-13-14)27-18-5-3-17(4-6-18)25-21(26)16-2-7-19-15(11-16)9-10-23-19/h1-2,7-11,13,17-18,23H,3-6H2,(H,25,26). The molecule has 0 radical (unpaired) electrons. The van der Waals surface area contributed by atoms with Crippen molar-refractivity contribution in [3.05, 3.63) is 59.9 Å². The lowest BCUT2D eigenvalue weighted by Crippen LogP contribution is -2.39. The molecule has 6 heteroatoms. The Kier molecular flexibility index (Phi) is 4.75. The Morgan fingerprint density at radius 2 is 2.04 bits per heavy atom. The highest BCUT2D eigenvalue weighted by Crippen LogP contribution is 2.23. The molecule has 4 rings (SSSR count). The maximum atomic E-state index is 12.5. The van der Waals surface area contributed by atoms with Gasteiger partial charge in [-0.15, -0.1) is 0 Å². The fourth-order valence-electron chi connectivity index (χ4n) is 3.48. The van der Waals surface area contributed by atoms with Crippen LogP contribution in [0.2, 0.25) is 0 Å². The normalized spacial score (nSPS) is 19.4. The summed E-state index contributed by atoms with van der Waals surface area (Å²) in [4.78, 5) is 19.8. The zero-order valence-corrected chi connectivity index (χ0v) is 14.8. The number of aromatic amines is 1.